The molecule has 2 fully saturated rings. The van der Waals surface area contributed by atoms with Gasteiger partial charge >= 0.3 is 0 Å². The zero-order chi connectivity index (χ0) is 16.4. The molecular formula is C19H28N2O2. The first-order valence-electron chi connectivity index (χ1n) is 8.77. The highest BCUT2D eigenvalue weighted by atomic mass is 16.5. The number of carbonyl (C=O) groups is 1. The van der Waals surface area contributed by atoms with Crippen molar-refractivity contribution in [3.63, 3.8) is 0 Å². The van der Waals surface area contributed by atoms with Gasteiger partial charge in [0.15, 0.2) is 0 Å². The Morgan fingerprint density at radius 3 is 2.70 bits per heavy atom. The van der Waals surface area contributed by atoms with Gasteiger partial charge in [0.1, 0.15) is 0 Å². The molecule has 4 heteroatoms. The van der Waals surface area contributed by atoms with E-state index in [1.165, 1.54) is 11.3 Å². The van der Waals surface area contributed by atoms with E-state index in [9.17, 15) is 4.79 Å². The number of aryl methyl sites for hydroxylation is 1. The standard InChI is InChI=1S/C19H28N2O2/c1-4-15-18(16-11-12-23-19(15)16)20-17(22)10-7-13-5-8-14(9-6-13)21(2)3/h5-6,8-9,15-16,18-19H,4,7,10-12H2,1-3H3,(H,20,22). The summed E-state index contributed by atoms with van der Waals surface area (Å²) in [6.45, 7) is 3.05. The van der Waals surface area contributed by atoms with Crippen molar-refractivity contribution < 1.29 is 9.53 Å². The molecule has 1 aromatic rings. The number of rotatable bonds is 6. The summed E-state index contributed by atoms with van der Waals surface area (Å²) in [5.74, 6) is 1.23. The summed E-state index contributed by atoms with van der Waals surface area (Å²) in [4.78, 5) is 14.4. The molecule has 1 heterocycles. The number of nitrogens with zero attached hydrogens (tertiary/aromatic N) is 1. The monoisotopic (exact) mass is 316 g/mol. The van der Waals surface area contributed by atoms with Gasteiger partial charge in [0.05, 0.1) is 6.10 Å². The van der Waals surface area contributed by atoms with Gasteiger partial charge in [0.25, 0.3) is 0 Å². The SMILES string of the molecule is CCC1C(NC(=O)CCc2ccc(N(C)C)cc2)C2CCOC12. The molecular weight excluding hydrogens is 288 g/mol. The number of benzene rings is 1. The molecule has 3 rings (SSSR count). The van der Waals surface area contributed by atoms with E-state index in [1.54, 1.807) is 0 Å². The van der Waals surface area contributed by atoms with E-state index >= 15 is 0 Å². The molecule has 1 aromatic carbocycles. The molecule has 0 aromatic heterocycles. The summed E-state index contributed by atoms with van der Waals surface area (Å²) in [7, 11) is 4.07. The number of fused-ring (bicyclic) bond motifs is 1. The predicted molar refractivity (Wildman–Crippen MR) is 92.6 cm³/mol. The maximum absolute atomic E-state index is 12.3. The van der Waals surface area contributed by atoms with Crippen molar-refractivity contribution >= 4 is 11.6 Å². The van der Waals surface area contributed by atoms with Crippen LogP contribution in [0.4, 0.5) is 5.69 Å². The third-order valence-corrected chi connectivity index (χ3v) is 5.42. The van der Waals surface area contributed by atoms with Crippen LogP contribution in [0.15, 0.2) is 24.3 Å². The van der Waals surface area contributed by atoms with Crippen LogP contribution in [0.3, 0.4) is 0 Å². The Bertz CT molecular complexity index is 541. The van der Waals surface area contributed by atoms with Gasteiger partial charge in [0.2, 0.25) is 5.91 Å². The van der Waals surface area contributed by atoms with Gasteiger partial charge in [-0.1, -0.05) is 19.1 Å². The van der Waals surface area contributed by atoms with Gasteiger partial charge in [0, 0.05) is 50.7 Å². The largest absolute Gasteiger partial charge is 0.378 e. The summed E-state index contributed by atoms with van der Waals surface area (Å²) in [6, 6.07) is 8.76. The zero-order valence-corrected chi connectivity index (χ0v) is 14.4. The van der Waals surface area contributed by atoms with Crippen LogP contribution in [0.1, 0.15) is 31.7 Å². The smallest absolute Gasteiger partial charge is 0.220 e. The molecule has 1 aliphatic heterocycles. The molecule has 1 N–H and O–H groups in total. The van der Waals surface area contributed by atoms with Gasteiger partial charge in [-0.15, -0.1) is 0 Å². The second-order valence-corrected chi connectivity index (χ2v) is 7.01. The van der Waals surface area contributed by atoms with E-state index in [-0.39, 0.29) is 5.91 Å². The summed E-state index contributed by atoms with van der Waals surface area (Å²) < 4.78 is 5.77. The van der Waals surface area contributed by atoms with Crippen molar-refractivity contribution in [3.8, 4) is 0 Å². The van der Waals surface area contributed by atoms with Crippen LogP contribution < -0.4 is 10.2 Å². The first-order valence-corrected chi connectivity index (χ1v) is 8.77. The molecule has 1 saturated heterocycles. The Morgan fingerprint density at radius 1 is 1.30 bits per heavy atom. The van der Waals surface area contributed by atoms with Gasteiger partial charge in [-0.05, 0) is 37.0 Å². The minimum Gasteiger partial charge on any atom is -0.378 e. The van der Waals surface area contributed by atoms with Crippen molar-refractivity contribution in [2.45, 2.75) is 44.8 Å². The van der Waals surface area contributed by atoms with Crippen molar-refractivity contribution in [2.75, 3.05) is 25.6 Å². The van der Waals surface area contributed by atoms with Crippen molar-refractivity contribution in [3.05, 3.63) is 29.8 Å². The lowest BCUT2D eigenvalue weighted by atomic mass is 9.65. The minimum absolute atomic E-state index is 0.176. The number of nitrogens with one attached hydrogen (secondary N) is 1. The number of anilines is 1. The predicted octanol–water partition coefficient (Wildman–Crippen LogP) is 2.61. The molecule has 4 unspecified atom stereocenters. The zero-order valence-electron chi connectivity index (χ0n) is 14.4. The fraction of sp³-hybridized carbons (Fsp3) is 0.632. The Hall–Kier alpha value is -1.55. The van der Waals surface area contributed by atoms with E-state index in [0.717, 1.165) is 25.9 Å². The van der Waals surface area contributed by atoms with Gasteiger partial charge < -0.3 is 15.0 Å². The average molecular weight is 316 g/mol. The van der Waals surface area contributed by atoms with Gasteiger partial charge in [-0.25, -0.2) is 0 Å². The number of ether oxygens (including phenoxy) is 1. The van der Waals surface area contributed by atoms with E-state index in [2.05, 4.69) is 41.4 Å². The van der Waals surface area contributed by atoms with Gasteiger partial charge in [-0.2, -0.15) is 0 Å². The molecule has 0 spiro atoms. The molecule has 0 radical (unpaired) electrons. The quantitative estimate of drug-likeness (QED) is 0.877. The average Bonchev–Trinajstić information content (AvgIpc) is 2.96. The molecule has 23 heavy (non-hydrogen) atoms. The summed E-state index contributed by atoms with van der Waals surface area (Å²) >= 11 is 0. The van der Waals surface area contributed by atoms with Crippen LogP contribution in [-0.2, 0) is 16.0 Å². The van der Waals surface area contributed by atoms with Crippen molar-refractivity contribution in [2.24, 2.45) is 11.8 Å². The molecule has 4 atom stereocenters. The summed E-state index contributed by atoms with van der Waals surface area (Å²) in [5.41, 5.74) is 2.40. The van der Waals surface area contributed by atoms with E-state index < -0.39 is 0 Å². The van der Waals surface area contributed by atoms with Gasteiger partial charge in [-0.3, -0.25) is 4.79 Å². The fourth-order valence-corrected chi connectivity index (χ4v) is 4.01. The Labute approximate surface area is 139 Å². The molecule has 2 aliphatic rings. The Morgan fingerprint density at radius 2 is 2.04 bits per heavy atom. The van der Waals surface area contributed by atoms with E-state index in [4.69, 9.17) is 4.74 Å². The molecule has 1 aliphatic carbocycles. The molecule has 0 bridgehead atoms. The maximum atomic E-state index is 12.3. The highest BCUT2D eigenvalue weighted by molar-refractivity contribution is 5.76. The number of hydrogen-bond acceptors (Lipinski definition) is 3. The topological polar surface area (TPSA) is 41.6 Å². The number of hydrogen-bond donors (Lipinski definition) is 1. The molecule has 1 saturated carbocycles. The number of carbonyl (C=O) groups excluding carboxylic acids is 1. The van der Waals surface area contributed by atoms with Crippen LogP contribution in [0.2, 0.25) is 0 Å². The lowest BCUT2D eigenvalue weighted by Crippen LogP contribution is -2.61. The highest BCUT2D eigenvalue weighted by Crippen LogP contribution is 2.45. The third-order valence-electron chi connectivity index (χ3n) is 5.42. The van der Waals surface area contributed by atoms with Crippen LogP contribution in [0.5, 0.6) is 0 Å². The maximum Gasteiger partial charge on any atom is 0.220 e. The third kappa shape index (κ3) is 3.37. The minimum atomic E-state index is 0.176. The van der Waals surface area contributed by atoms with E-state index in [1.807, 2.05) is 14.1 Å². The fourth-order valence-electron chi connectivity index (χ4n) is 4.01. The second-order valence-electron chi connectivity index (χ2n) is 7.01. The number of amides is 1. The van der Waals surface area contributed by atoms with Crippen molar-refractivity contribution in [1.29, 1.82) is 0 Å². The van der Waals surface area contributed by atoms with Crippen LogP contribution in [0.25, 0.3) is 0 Å². The summed E-state index contributed by atoms with van der Waals surface area (Å²) in [6.07, 6.45) is 3.93. The first kappa shape index (κ1) is 16.3. The lowest BCUT2D eigenvalue weighted by Gasteiger charge is -2.47. The molecule has 1 amide bonds. The normalized spacial score (nSPS) is 28.8. The molecule has 126 valence electrons. The van der Waals surface area contributed by atoms with Crippen molar-refractivity contribution in [1.82, 2.24) is 5.32 Å². The van der Waals surface area contributed by atoms with E-state index in [0.29, 0.717) is 30.4 Å². The highest BCUT2D eigenvalue weighted by Gasteiger charge is 2.53. The second kappa shape index (κ2) is 6.91. The summed E-state index contributed by atoms with van der Waals surface area (Å²) in [5, 5.41) is 3.26. The first-order chi connectivity index (χ1) is 11.1. The van der Waals surface area contributed by atoms with Crippen LogP contribution in [0, 0.1) is 11.8 Å². The Balaban J connectivity index is 1.48. The Kier molecular flexibility index (Phi) is 4.90. The van der Waals surface area contributed by atoms with Crippen LogP contribution >= 0.6 is 0 Å². The molecule has 4 nitrogen and oxygen atoms in total. The van der Waals surface area contributed by atoms with Crippen LogP contribution in [-0.4, -0.2) is 38.8 Å². The lowest BCUT2D eigenvalue weighted by molar-refractivity contribution is -0.127.